The van der Waals surface area contributed by atoms with Crippen molar-refractivity contribution in [2.75, 3.05) is 7.11 Å². The number of carbonyl (C=O) groups excluding carboxylic acids is 1. The largest absolute Gasteiger partial charge is 0.466 e. The van der Waals surface area contributed by atoms with Gasteiger partial charge in [0.2, 0.25) is 0 Å². The molecule has 106 valence electrons. The van der Waals surface area contributed by atoms with Gasteiger partial charge in [0.05, 0.1) is 7.11 Å². The van der Waals surface area contributed by atoms with Crippen LogP contribution < -0.4 is 0 Å². The van der Waals surface area contributed by atoms with Crippen molar-refractivity contribution in [3.8, 4) is 11.8 Å². The fraction of sp³-hybridized carbons (Fsp3) is 0.118. The smallest absolute Gasteiger partial charge is 0.355 e. The van der Waals surface area contributed by atoms with Crippen LogP contribution in [0.5, 0.6) is 0 Å². The Balaban J connectivity index is 2.46. The van der Waals surface area contributed by atoms with Crippen LogP contribution in [0.4, 0.5) is 0 Å². The summed E-state index contributed by atoms with van der Waals surface area (Å²) in [4.78, 5) is 11.9. The van der Waals surface area contributed by atoms with Crippen molar-refractivity contribution in [2.24, 2.45) is 0 Å². The summed E-state index contributed by atoms with van der Waals surface area (Å²) in [5, 5.41) is 10.6. The molecule has 0 saturated carbocycles. The maximum Gasteiger partial charge on any atom is 0.355 e. The molecule has 0 heterocycles. The third-order valence-electron chi connectivity index (χ3n) is 2.88. The Morgan fingerprint density at radius 2 is 1.90 bits per heavy atom. The number of methoxy groups -OCH3 is 1. The van der Waals surface area contributed by atoms with Gasteiger partial charge in [0.15, 0.2) is 0 Å². The van der Waals surface area contributed by atoms with Gasteiger partial charge in [-0.15, -0.1) is 0 Å². The first-order chi connectivity index (χ1) is 10.1. The van der Waals surface area contributed by atoms with E-state index < -0.39 is 11.6 Å². The first kappa shape index (κ1) is 15.3. The summed E-state index contributed by atoms with van der Waals surface area (Å²) in [6.07, 6.45) is 0. The molecular weight excluding hydrogens is 332 g/mol. The summed E-state index contributed by atoms with van der Waals surface area (Å²) < 4.78 is 5.55. The predicted molar refractivity (Wildman–Crippen MR) is 83.4 cm³/mol. The maximum absolute atomic E-state index is 11.9. The molecule has 3 nitrogen and oxygen atoms in total. The minimum Gasteiger partial charge on any atom is -0.466 e. The number of ether oxygens (including phenoxy) is 1. The van der Waals surface area contributed by atoms with Crippen molar-refractivity contribution in [1.29, 1.82) is 0 Å². The van der Waals surface area contributed by atoms with Crippen LogP contribution >= 0.6 is 15.9 Å². The third-order valence-corrected chi connectivity index (χ3v) is 3.38. The molecule has 0 aliphatic rings. The normalized spacial score (nSPS) is 12.7. The van der Waals surface area contributed by atoms with Crippen LogP contribution in [-0.2, 0) is 15.1 Å². The number of carbonyl (C=O) groups is 1. The van der Waals surface area contributed by atoms with E-state index in [0.29, 0.717) is 11.1 Å². The molecular formula is C17H13BrO3. The van der Waals surface area contributed by atoms with Gasteiger partial charge in [0.1, 0.15) is 0 Å². The van der Waals surface area contributed by atoms with Crippen LogP contribution in [-0.4, -0.2) is 18.2 Å². The fourth-order valence-electron chi connectivity index (χ4n) is 1.80. The van der Waals surface area contributed by atoms with Crippen LogP contribution in [0.1, 0.15) is 11.1 Å². The average Bonchev–Trinajstić information content (AvgIpc) is 2.52. The average molecular weight is 345 g/mol. The monoisotopic (exact) mass is 344 g/mol. The van der Waals surface area contributed by atoms with E-state index in [1.165, 1.54) is 7.11 Å². The van der Waals surface area contributed by atoms with E-state index in [2.05, 4.69) is 32.5 Å². The highest BCUT2D eigenvalue weighted by Crippen LogP contribution is 2.22. The van der Waals surface area contributed by atoms with E-state index in [4.69, 9.17) is 0 Å². The second kappa shape index (κ2) is 6.57. The Morgan fingerprint density at radius 1 is 1.19 bits per heavy atom. The number of hydrogen-bond acceptors (Lipinski definition) is 3. The minimum atomic E-state index is -1.99. The van der Waals surface area contributed by atoms with E-state index in [-0.39, 0.29) is 0 Å². The predicted octanol–water partition coefficient (Wildman–Crippen LogP) is 2.86. The SMILES string of the molecule is COC(=O)C(O)(C#Cc1cccc(Br)c1)c1ccccc1. The molecule has 2 rings (SSSR count). The van der Waals surface area contributed by atoms with Crippen LogP contribution in [0.2, 0.25) is 0 Å². The minimum absolute atomic E-state index is 0.374. The van der Waals surface area contributed by atoms with Crippen molar-refractivity contribution >= 4 is 21.9 Å². The molecule has 0 bridgehead atoms. The van der Waals surface area contributed by atoms with Crippen molar-refractivity contribution in [2.45, 2.75) is 5.60 Å². The number of rotatable bonds is 2. The van der Waals surface area contributed by atoms with Crippen LogP contribution in [0.25, 0.3) is 0 Å². The van der Waals surface area contributed by atoms with Gasteiger partial charge < -0.3 is 9.84 Å². The van der Waals surface area contributed by atoms with Crippen molar-refractivity contribution in [1.82, 2.24) is 0 Å². The molecule has 0 saturated heterocycles. The van der Waals surface area contributed by atoms with Gasteiger partial charge in [-0.2, -0.15) is 0 Å². The second-order valence-corrected chi connectivity index (χ2v) is 5.24. The molecule has 4 heteroatoms. The zero-order chi connectivity index (χ0) is 15.3. The third kappa shape index (κ3) is 3.52. The molecule has 0 amide bonds. The first-order valence-corrected chi connectivity index (χ1v) is 7.00. The Kier molecular flexibility index (Phi) is 4.79. The summed E-state index contributed by atoms with van der Waals surface area (Å²) in [7, 11) is 1.22. The molecule has 1 atom stereocenters. The zero-order valence-electron chi connectivity index (χ0n) is 11.3. The Morgan fingerprint density at radius 3 is 2.52 bits per heavy atom. The molecule has 21 heavy (non-hydrogen) atoms. The number of benzene rings is 2. The van der Waals surface area contributed by atoms with Gasteiger partial charge in [0.25, 0.3) is 5.60 Å². The second-order valence-electron chi connectivity index (χ2n) is 4.33. The molecule has 0 radical (unpaired) electrons. The molecule has 0 spiro atoms. The van der Waals surface area contributed by atoms with E-state index in [0.717, 1.165) is 4.47 Å². The first-order valence-electron chi connectivity index (χ1n) is 6.21. The number of aliphatic hydroxyl groups is 1. The topological polar surface area (TPSA) is 46.5 Å². The van der Waals surface area contributed by atoms with Gasteiger partial charge in [-0.1, -0.05) is 58.2 Å². The quantitative estimate of drug-likeness (QED) is 0.673. The summed E-state index contributed by atoms with van der Waals surface area (Å²) >= 11 is 3.35. The lowest BCUT2D eigenvalue weighted by Crippen LogP contribution is -2.35. The molecule has 0 fully saturated rings. The summed E-state index contributed by atoms with van der Waals surface area (Å²) in [5.74, 6) is 4.62. The summed E-state index contributed by atoms with van der Waals surface area (Å²) in [5.41, 5.74) is -0.930. The van der Waals surface area contributed by atoms with Crippen LogP contribution in [0.15, 0.2) is 59.1 Å². The van der Waals surface area contributed by atoms with Crippen molar-refractivity contribution < 1.29 is 14.6 Å². The zero-order valence-corrected chi connectivity index (χ0v) is 12.9. The van der Waals surface area contributed by atoms with E-state index in [9.17, 15) is 9.90 Å². The van der Waals surface area contributed by atoms with Crippen molar-refractivity contribution in [3.05, 3.63) is 70.2 Å². The van der Waals surface area contributed by atoms with Gasteiger partial charge in [0, 0.05) is 15.6 Å². The lowest BCUT2D eigenvalue weighted by molar-refractivity contribution is -0.157. The molecule has 1 unspecified atom stereocenters. The highest BCUT2D eigenvalue weighted by molar-refractivity contribution is 9.10. The van der Waals surface area contributed by atoms with Crippen LogP contribution in [0.3, 0.4) is 0 Å². The van der Waals surface area contributed by atoms with E-state index in [1.807, 2.05) is 12.1 Å². The van der Waals surface area contributed by atoms with Gasteiger partial charge in [-0.05, 0) is 24.1 Å². The van der Waals surface area contributed by atoms with E-state index in [1.54, 1.807) is 42.5 Å². The van der Waals surface area contributed by atoms with Gasteiger partial charge in [-0.25, -0.2) is 4.79 Å². The highest BCUT2D eigenvalue weighted by Gasteiger charge is 2.37. The van der Waals surface area contributed by atoms with Gasteiger partial charge >= 0.3 is 5.97 Å². The Labute approximate surface area is 131 Å². The Hall–Kier alpha value is -2.09. The maximum atomic E-state index is 11.9. The number of hydrogen-bond donors (Lipinski definition) is 1. The fourth-order valence-corrected chi connectivity index (χ4v) is 2.20. The summed E-state index contributed by atoms with van der Waals surface area (Å²) in [6.45, 7) is 0. The standard InChI is InChI=1S/C17H13BrO3/c1-21-16(19)17(20,14-7-3-2-4-8-14)11-10-13-6-5-9-15(18)12-13/h2-9,12,20H,1H3. The highest BCUT2D eigenvalue weighted by atomic mass is 79.9. The lowest BCUT2D eigenvalue weighted by atomic mass is 9.94. The van der Waals surface area contributed by atoms with Crippen LogP contribution in [0, 0.1) is 11.8 Å². The molecule has 1 N–H and O–H groups in total. The molecule has 0 aliphatic carbocycles. The molecule has 0 aliphatic heterocycles. The van der Waals surface area contributed by atoms with E-state index >= 15 is 0 Å². The summed E-state index contributed by atoms with van der Waals surface area (Å²) in [6, 6.07) is 15.8. The Bertz CT molecular complexity index is 701. The molecule has 2 aromatic rings. The molecule has 2 aromatic carbocycles. The lowest BCUT2D eigenvalue weighted by Gasteiger charge is -2.19. The number of esters is 1. The molecule has 0 aromatic heterocycles. The number of halogens is 1. The van der Waals surface area contributed by atoms with Crippen molar-refractivity contribution in [3.63, 3.8) is 0 Å². The van der Waals surface area contributed by atoms with Gasteiger partial charge in [-0.3, -0.25) is 0 Å².